The van der Waals surface area contributed by atoms with Crippen LogP contribution in [-0.2, 0) is 14.3 Å². The predicted molar refractivity (Wildman–Crippen MR) is 59.5 cm³/mol. The lowest BCUT2D eigenvalue weighted by Crippen LogP contribution is -2.43. The molecule has 1 saturated carbocycles. The van der Waals surface area contributed by atoms with Crippen LogP contribution in [0.25, 0.3) is 0 Å². The Labute approximate surface area is 95.7 Å². The Kier molecular flexibility index (Phi) is 4.73. The summed E-state index contributed by atoms with van der Waals surface area (Å²) >= 11 is 0. The molecule has 16 heavy (non-hydrogen) atoms. The average molecular weight is 228 g/mol. The van der Waals surface area contributed by atoms with E-state index in [1.54, 1.807) is 6.92 Å². The molecule has 0 saturated heterocycles. The second-order valence-electron chi connectivity index (χ2n) is 4.29. The van der Waals surface area contributed by atoms with Gasteiger partial charge in [0.15, 0.2) is 0 Å². The standard InChI is InChI=1S/C11H20N2O3/c1-7(11(15)16-2)13-10(14)9-5-3-4-8(9)6-12/h7-9H,3-6,12H2,1-2H3,(H,13,14)/t7-,8+,9+/m0/s1. The molecule has 3 atom stereocenters. The molecular formula is C11H20N2O3. The number of hydrogen-bond donors (Lipinski definition) is 2. The minimum absolute atomic E-state index is 0.0443. The number of rotatable bonds is 4. The summed E-state index contributed by atoms with van der Waals surface area (Å²) < 4.78 is 4.55. The molecule has 0 radical (unpaired) electrons. The molecule has 1 amide bonds. The molecule has 0 unspecified atom stereocenters. The Hall–Kier alpha value is -1.10. The molecule has 1 fully saturated rings. The first-order valence-corrected chi connectivity index (χ1v) is 5.68. The van der Waals surface area contributed by atoms with Crippen LogP contribution in [0, 0.1) is 11.8 Å². The molecule has 1 aliphatic rings. The summed E-state index contributed by atoms with van der Waals surface area (Å²) in [6.45, 7) is 2.15. The number of ether oxygens (including phenoxy) is 1. The van der Waals surface area contributed by atoms with Crippen molar-refractivity contribution in [2.24, 2.45) is 17.6 Å². The van der Waals surface area contributed by atoms with E-state index in [0.717, 1.165) is 19.3 Å². The van der Waals surface area contributed by atoms with Crippen LogP contribution in [0.3, 0.4) is 0 Å². The van der Waals surface area contributed by atoms with E-state index in [1.165, 1.54) is 7.11 Å². The number of esters is 1. The van der Waals surface area contributed by atoms with Gasteiger partial charge in [-0.3, -0.25) is 4.79 Å². The van der Waals surface area contributed by atoms with Crippen LogP contribution in [0.1, 0.15) is 26.2 Å². The van der Waals surface area contributed by atoms with Gasteiger partial charge in [0.2, 0.25) is 5.91 Å². The van der Waals surface area contributed by atoms with Gasteiger partial charge in [-0.1, -0.05) is 6.42 Å². The number of amides is 1. The number of methoxy groups -OCH3 is 1. The van der Waals surface area contributed by atoms with Crippen molar-refractivity contribution < 1.29 is 14.3 Å². The third-order valence-electron chi connectivity index (χ3n) is 3.21. The Morgan fingerprint density at radius 1 is 1.50 bits per heavy atom. The number of nitrogens with two attached hydrogens (primary N) is 1. The molecular weight excluding hydrogens is 208 g/mol. The zero-order valence-corrected chi connectivity index (χ0v) is 9.86. The molecule has 5 nitrogen and oxygen atoms in total. The fraction of sp³-hybridized carbons (Fsp3) is 0.818. The summed E-state index contributed by atoms with van der Waals surface area (Å²) in [6, 6.07) is -0.587. The molecule has 92 valence electrons. The van der Waals surface area contributed by atoms with Crippen LogP contribution in [0.2, 0.25) is 0 Å². The van der Waals surface area contributed by atoms with Crippen LogP contribution in [0.4, 0.5) is 0 Å². The summed E-state index contributed by atoms with van der Waals surface area (Å²) in [5.41, 5.74) is 5.61. The normalized spacial score (nSPS) is 26.2. The minimum Gasteiger partial charge on any atom is -0.467 e. The van der Waals surface area contributed by atoms with Crippen LogP contribution < -0.4 is 11.1 Å². The van der Waals surface area contributed by atoms with E-state index in [0.29, 0.717) is 6.54 Å². The largest absolute Gasteiger partial charge is 0.467 e. The van der Waals surface area contributed by atoms with Gasteiger partial charge in [0.25, 0.3) is 0 Å². The Balaban J connectivity index is 2.48. The van der Waals surface area contributed by atoms with Gasteiger partial charge in [-0.2, -0.15) is 0 Å². The van der Waals surface area contributed by atoms with Gasteiger partial charge in [0, 0.05) is 5.92 Å². The maximum absolute atomic E-state index is 11.9. The van der Waals surface area contributed by atoms with E-state index in [4.69, 9.17) is 5.73 Å². The highest BCUT2D eigenvalue weighted by Crippen LogP contribution is 2.30. The average Bonchev–Trinajstić information content (AvgIpc) is 2.75. The number of carbonyl (C=O) groups is 2. The second kappa shape index (κ2) is 5.84. The molecule has 0 aromatic rings. The first-order chi connectivity index (χ1) is 7.60. The second-order valence-corrected chi connectivity index (χ2v) is 4.29. The first-order valence-electron chi connectivity index (χ1n) is 5.68. The zero-order chi connectivity index (χ0) is 12.1. The Bertz CT molecular complexity index is 268. The van der Waals surface area contributed by atoms with E-state index in [-0.39, 0.29) is 17.7 Å². The van der Waals surface area contributed by atoms with Crippen molar-refractivity contribution in [3.8, 4) is 0 Å². The van der Waals surface area contributed by atoms with Gasteiger partial charge >= 0.3 is 5.97 Å². The number of carbonyl (C=O) groups excluding carboxylic acids is 2. The summed E-state index contributed by atoms with van der Waals surface area (Å²) in [5.74, 6) is -0.288. The molecule has 0 aliphatic heterocycles. The molecule has 0 heterocycles. The van der Waals surface area contributed by atoms with Crippen molar-refractivity contribution in [3.63, 3.8) is 0 Å². The van der Waals surface area contributed by atoms with Gasteiger partial charge in [-0.05, 0) is 32.2 Å². The Morgan fingerprint density at radius 2 is 2.19 bits per heavy atom. The highest BCUT2D eigenvalue weighted by Gasteiger charge is 2.33. The van der Waals surface area contributed by atoms with Crippen molar-refractivity contribution in [2.75, 3.05) is 13.7 Å². The van der Waals surface area contributed by atoms with E-state index in [1.807, 2.05) is 0 Å². The molecule has 5 heteroatoms. The molecule has 0 spiro atoms. The molecule has 0 aromatic heterocycles. The third-order valence-corrected chi connectivity index (χ3v) is 3.21. The van der Waals surface area contributed by atoms with Crippen LogP contribution in [0.5, 0.6) is 0 Å². The summed E-state index contributed by atoms with van der Waals surface area (Å²) in [4.78, 5) is 23.0. The SMILES string of the molecule is COC(=O)[C@H](C)NC(=O)[C@@H]1CCC[C@@H]1CN. The third kappa shape index (κ3) is 2.95. The number of nitrogens with one attached hydrogen (secondary N) is 1. The maximum Gasteiger partial charge on any atom is 0.328 e. The fourth-order valence-corrected chi connectivity index (χ4v) is 2.22. The van der Waals surface area contributed by atoms with Crippen molar-refractivity contribution >= 4 is 11.9 Å². The maximum atomic E-state index is 11.9. The molecule has 1 aliphatic carbocycles. The van der Waals surface area contributed by atoms with E-state index >= 15 is 0 Å². The molecule has 0 aromatic carbocycles. The van der Waals surface area contributed by atoms with Crippen molar-refractivity contribution in [3.05, 3.63) is 0 Å². The van der Waals surface area contributed by atoms with Gasteiger partial charge in [-0.15, -0.1) is 0 Å². The van der Waals surface area contributed by atoms with Crippen molar-refractivity contribution in [2.45, 2.75) is 32.2 Å². The van der Waals surface area contributed by atoms with Gasteiger partial charge in [-0.25, -0.2) is 4.79 Å². The van der Waals surface area contributed by atoms with Crippen LogP contribution in [-0.4, -0.2) is 31.6 Å². The lowest BCUT2D eigenvalue weighted by molar-refractivity contribution is -0.145. The quantitative estimate of drug-likeness (QED) is 0.666. The minimum atomic E-state index is -0.587. The highest BCUT2D eigenvalue weighted by atomic mass is 16.5. The Morgan fingerprint density at radius 3 is 2.75 bits per heavy atom. The molecule has 1 rings (SSSR count). The van der Waals surface area contributed by atoms with Gasteiger partial charge in [0.1, 0.15) is 6.04 Å². The topological polar surface area (TPSA) is 81.4 Å². The van der Waals surface area contributed by atoms with Crippen LogP contribution in [0.15, 0.2) is 0 Å². The predicted octanol–water partition coefficient (Wildman–Crippen LogP) is 0.0391. The fourth-order valence-electron chi connectivity index (χ4n) is 2.22. The van der Waals surface area contributed by atoms with Gasteiger partial charge < -0.3 is 15.8 Å². The highest BCUT2D eigenvalue weighted by molar-refractivity contribution is 5.85. The summed E-state index contributed by atoms with van der Waals surface area (Å²) in [6.07, 6.45) is 2.90. The summed E-state index contributed by atoms with van der Waals surface area (Å²) in [5, 5.41) is 2.67. The lowest BCUT2D eigenvalue weighted by atomic mass is 9.95. The van der Waals surface area contributed by atoms with Crippen molar-refractivity contribution in [1.29, 1.82) is 0 Å². The number of hydrogen-bond acceptors (Lipinski definition) is 4. The van der Waals surface area contributed by atoms with E-state index in [9.17, 15) is 9.59 Å². The van der Waals surface area contributed by atoms with Crippen LogP contribution >= 0.6 is 0 Å². The lowest BCUT2D eigenvalue weighted by Gasteiger charge is -2.19. The van der Waals surface area contributed by atoms with Crippen molar-refractivity contribution in [1.82, 2.24) is 5.32 Å². The smallest absolute Gasteiger partial charge is 0.328 e. The van der Waals surface area contributed by atoms with Gasteiger partial charge in [0.05, 0.1) is 7.11 Å². The monoisotopic (exact) mass is 228 g/mol. The first kappa shape index (κ1) is 13.0. The molecule has 3 N–H and O–H groups in total. The molecule has 0 bridgehead atoms. The summed E-state index contributed by atoms with van der Waals surface area (Å²) in [7, 11) is 1.31. The van der Waals surface area contributed by atoms with E-state index in [2.05, 4.69) is 10.1 Å². The zero-order valence-electron chi connectivity index (χ0n) is 9.86. The van der Waals surface area contributed by atoms with E-state index < -0.39 is 12.0 Å².